The van der Waals surface area contributed by atoms with Crippen molar-refractivity contribution in [2.45, 2.75) is 25.2 Å². The summed E-state index contributed by atoms with van der Waals surface area (Å²) in [7, 11) is 0. The molecule has 1 saturated heterocycles. The molecule has 3 aliphatic heterocycles. The van der Waals surface area contributed by atoms with Crippen LogP contribution in [0.2, 0.25) is 0 Å². The van der Waals surface area contributed by atoms with E-state index in [0.29, 0.717) is 12.3 Å². The predicted octanol–water partition coefficient (Wildman–Crippen LogP) is 0.295. The standard InChI is InChI=1S/C7H10BrN5/c8-5-3-12-6(10-5)1-2-7-11-9-4-13(7)12/h3-4,6-7,10-11H,1-2H2. The van der Waals surface area contributed by atoms with E-state index in [-0.39, 0.29) is 0 Å². The molecular weight excluding hydrogens is 234 g/mol. The summed E-state index contributed by atoms with van der Waals surface area (Å²) in [6.45, 7) is 0. The largest absolute Gasteiger partial charge is 0.357 e. The van der Waals surface area contributed by atoms with Crippen molar-refractivity contribution < 1.29 is 0 Å². The Morgan fingerprint density at radius 2 is 2.23 bits per heavy atom. The van der Waals surface area contributed by atoms with Crippen LogP contribution in [0.25, 0.3) is 0 Å². The zero-order chi connectivity index (χ0) is 8.84. The molecule has 0 aromatic carbocycles. The van der Waals surface area contributed by atoms with Gasteiger partial charge in [-0.3, -0.25) is 10.4 Å². The SMILES string of the molecule is BrC1=CN2C(CCC3NN=CN32)N1. The minimum absolute atomic E-state index is 0.340. The number of hydrazone groups is 1. The van der Waals surface area contributed by atoms with Gasteiger partial charge in [-0.05, 0) is 28.8 Å². The fraction of sp³-hybridized carbons (Fsp3) is 0.571. The highest BCUT2D eigenvalue weighted by Crippen LogP contribution is 2.28. The lowest BCUT2D eigenvalue weighted by Gasteiger charge is -2.41. The Kier molecular flexibility index (Phi) is 1.46. The maximum absolute atomic E-state index is 4.05. The molecule has 3 aliphatic rings. The molecule has 5 nitrogen and oxygen atoms in total. The highest BCUT2D eigenvalue weighted by molar-refractivity contribution is 9.11. The van der Waals surface area contributed by atoms with Gasteiger partial charge in [0.25, 0.3) is 0 Å². The molecule has 3 rings (SSSR count). The smallest absolute Gasteiger partial charge is 0.136 e. The molecule has 13 heavy (non-hydrogen) atoms. The van der Waals surface area contributed by atoms with Gasteiger partial charge in [-0.1, -0.05) is 0 Å². The predicted molar refractivity (Wildman–Crippen MR) is 52.3 cm³/mol. The Morgan fingerprint density at radius 1 is 1.38 bits per heavy atom. The van der Waals surface area contributed by atoms with E-state index in [1.165, 1.54) is 0 Å². The van der Waals surface area contributed by atoms with Crippen molar-refractivity contribution in [1.82, 2.24) is 20.8 Å². The monoisotopic (exact) mass is 243 g/mol. The summed E-state index contributed by atoms with van der Waals surface area (Å²) in [6.07, 6.45) is 6.85. The van der Waals surface area contributed by atoms with Gasteiger partial charge in [0, 0.05) is 0 Å². The van der Waals surface area contributed by atoms with Gasteiger partial charge < -0.3 is 5.32 Å². The van der Waals surface area contributed by atoms with Crippen LogP contribution >= 0.6 is 15.9 Å². The minimum atomic E-state index is 0.340. The van der Waals surface area contributed by atoms with Crippen molar-refractivity contribution in [3.8, 4) is 0 Å². The minimum Gasteiger partial charge on any atom is -0.357 e. The summed E-state index contributed by atoms with van der Waals surface area (Å²) in [6, 6.07) is 0. The lowest BCUT2D eigenvalue weighted by molar-refractivity contribution is -0.0185. The first-order valence-corrected chi connectivity index (χ1v) is 5.13. The number of nitrogens with zero attached hydrogens (tertiary/aromatic N) is 3. The summed E-state index contributed by atoms with van der Waals surface area (Å²) in [5.74, 6) is 0. The van der Waals surface area contributed by atoms with Crippen LogP contribution in [0.1, 0.15) is 12.8 Å². The van der Waals surface area contributed by atoms with Crippen LogP contribution in [0, 0.1) is 0 Å². The number of fused-ring (bicyclic) bond motifs is 3. The molecule has 2 unspecified atom stereocenters. The van der Waals surface area contributed by atoms with Gasteiger partial charge in [-0.15, -0.1) is 0 Å². The Hall–Kier alpha value is -0.910. The molecule has 0 aliphatic carbocycles. The Bertz CT molecular complexity index is 289. The highest BCUT2D eigenvalue weighted by atomic mass is 79.9. The zero-order valence-electron chi connectivity index (χ0n) is 6.94. The molecule has 2 N–H and O–H groups in total. The molecular formula is C7H10BrN5. The van der Waals surface area contributed by atoms with Crippen LogP contribution in [0.5, 0.6) is 0 Å². The molecule has 0 aromatic heterocycles. The fourth-order valence-corrected chi connectivity index (χ4v) is 2.43. The first kappa shape index (κ1) is 7.49. The molecule has 70 valence electrons. The number of halogens is 1. The maximum Gasteiger partial charge on any atom is 0.136 e. The van der Waals surface area contributed by atoms with Crippen LogP contribution in [0.4, 0.5) is 0 Å². The summed E-state index contributed by atoms with van der Waals surface area (Å²) in [4.78, 5) is 0. The van der Waals surface area contributed by atoms with E-state index in [0.717, 1.165) is 17.4 Å². The Balaban J connectivity index is 1.89. The van der Waals surface area contributed by atoms with E-state index in [4.69, 9.17) is 0 Å². The van der Waals surface area contributed by atoms with Crippen LogP contribution in [0.3, 0.4) is 0 Å². The van der Waals surface area contributed by atoms with Crippen molar-refractivity contribution in [3.63, 3.8) is 0 Å². The third-order valence-electron chi connectivity index (χ3n) is 2.57. The number of nitrogens with one attached hydrogen (secondary N) is 2. The van der Waals surface area contributed by atoms with Crippen LogP contribution < -0.4 is 10.7 Å². The first-order chi connectivity index (χ1) is 6.34. The van der Waals surface area contributed by atoms with E-state index in [2.05, 4.69) is 48.0 Å². The molecule has 0 radical (unpaired) electrons. The molecule has 6 heteroatoms. The van der Waals surface area contributed by atoms with Gasteiger partial charge in [-0.25, -0.2) is 5.01 Å². The molecule has 0 saturated carbocycles. The van der Waals surface area contributed by atoms with Gasteiger partial charge >= 0.3 is 0 Å². The quantitative estimate of drug-likeness (QED) is 0.601. The van der Waals surface area contributed by atoms with Crippen molar-refractivity contribution in [2.24, 2.45) is 5.10 Å². The highest BCUT2D eigenvalue weighted by Gasteiger charge is 2.37. The lowest BCUT2D eigenvalue weighted by atomic mass is 10.2. The van der Waals surface area contributed by atoms with Gasteiger partial charge in [0.15, 0.2) is 0 Å². The molecule has 0 amide bonds. The number of hydrazine groups is 1. The van der Waals surface area contributed by atoms with Crippen molar-refractivity contribution >= 4 is 22.3 Å². The molecule has 0 spiro atoms. The van der Waals surface area contributed by atoms with E-state index >= 15 is 0 Å². The van der Waals surface area contributed by atoms with Gasteiger partial charge in [-0.2, -0.15) is 5.10 Å². The average molecular weight is 244 g/mol. The maximum atomic E-state index is 4.05. The summed E-state index contributed by atoms with van der Waals surface area (Å²) in [5.41, 5.74) is 3.07. The topological polar surface area (TPSA) is 42.9 Å². The zero-order valence-corrected chi connectivity index (χ0v) is 8.53. The third kappa shape index (κ3) is 1.01. The Labute approximate surface area is 84.5 Å². The second-order valence-corrected chi connectivity index (χ2v) is 4.22. The van der Waals surface area contributed by atoms with Crippen LogP contribution in [-0.4, -0.2) is 28.7 Å². The summed E-state index contributed by atoms with van der Waals surface area (Å²) in [5, 5.41) is 11.7. The molecule has 3 heterocycles. The van der Waals surface area contributed by atoms with E-state index in [1.807, 2.05) is 6.34 Å². The summed E-state index contributed by atoms with van der Waals surface area (Å²) < 4.78 is 1.04. The third-order valence-corrected chi connectivity index (χ3v) is 3.00. The van der Waals surface area contributed by atoms with Gasteiger partial charge in [0.1, 0.15) is 18.7 Å². The average Bonchev–Trinajstić information content (AvgIpc) is 2.65. The van der Waals surface area contributed by atoms with Crippen LogP contribution in [-0.2, 0) is 0 Å². The van der Waals surface area contributed by atoms with E-state index < -0.39 is 0 Å². The van der Waals surface area contributed by atoms with E-state index in [9.17, 15) is 0 Å². The molecule has 0 aromatic rings. The van der Waals surface area contributed by atoms with Crippen molar-refractivity contribution in [1.29, 1.82) is 0 Å². The van der Waals surface area contributed by atoms with Gasteiger partial charge in [0.2, 0.25) is 0 Å². The Morgan fingerprint density at radius 3 is 3.15 bits per heavy atom. The molecule has 1 fully saturated rings. The number of rotatable bonds is 0. The summed E-state index contributed by atoms with van der Waals surface area (Å²) >= 11 is 3.44. The fourth-order valence-electron chi connectivity index (χ4n) is 1.95. The second kappa shape index (κ2) is 2.54. The number of hydrogen-bond acceptors (Lipinski definition) is 5. The number of hydrogen-bond donors (Lipinski definition) is 2. The van der Waals surface area contributed by atoms with E-state index in [1.54, 1.807) is 0 Å². The molecule has 0 bridgehead atoms. The van der Waals surface area contributed by atoms with Crippen LogP contribution in [0.15, 0.2) is 15.9 Å². The second-order valence-electron chi connectivity index (χ2n) is 3.36. The molecule has 2 atom stereocenters. The normalized spacial score (nSPS) is 35.0. The van der Waals surface area contributed by atoms with Crippen molar-refractivity contribution in [3.05, 3.63) is 10.8 Å². The first-order valence-electron chi connectivity index (χ1n) is 4.34. The van der Waals surface area contributed by atoms with Gasteiger partial charge in [0.05, 0.1) is 10.8 Å². The lowest BCUT2D eigenvalue weighted by Crippen LogP contribution is -2.56. The van der Waals surface area contributed by atoms with Crippen molar-refractivity contribution in [2.75, 3.05) is 0 Å².